The predicted octanol–water partition coefficient (Wildman–Crippen LogP) is 5.07. The molecular weight excluding hydrogens is 361 g/mol. The van der Waals surface area contributed by atoms with Crippen molar-refractivity contribution in [2.75, 3.05) is 14.2 Å². The third kappa shape index (κ3) is 3.29. The zero-order valence-corrected chi connectivity index (χ0v) is 14.2. The van der Waals surface area contributed by atoms with Crippen LogP contribution in [0.1, 0.15) is 17.2 Å². The molecule has 1 N–H and O–H groups in total. The molecular formula is C15H14BrCl2NO. The van der Waals surface area contributed by atoms with Crippen molar-refractivity contribution in [3.8, 4) is 5.75 Å². The Morgan fingerprint density at radius 3 is 2.40 bits per heavy atom. The number of methoxy groups -OCH3 is 1. The Morgan fingerprint density at radius 2 is 1.85 bits per heavy atom. The first kappa shape index (κ1) is 15.6. The van der Waals surface area contributed by atoms with Crippen LogP contribution in [-0.4, -0.2) is 14.2 Å². The van der Waals surface area contributed by atoms with Gasteiger partial charge in [0.25, 0.3) is 0 Å². The lowest BCUT2D eigenvalue weighted by Gasteiger charge is -2.19. The molecule has 0 radical (unpaired) electrons. The number of hydrogen-bond donors (Lipinski definition) is 1. The highest BCUT2D eigenvalue weighted by Crippen LogP contribution is 2.33. The molecule has 0 saturated heterocycles. The molecule has 0 saturated carbocycles. The molecule has 106 valence electrons. The molecule has 0 amide bonds. The van der Waals surface area contributed by atoms with E-state index in [4.69, 9.17) is 27.9 Å². The lowest BCUT2D eigenvalue weighted by Crippen LogP contribution is -2.18. The molecule has 1 atom stereocenters. The van der Waals surface area contributed by atoms with Gasteiger partial charge in [-0.2, -0.15) is 0 Å². The van der Waals surface area contributed by atoms with Gasteiger partial charge in [-0.05, 0) is 42.4 Å². The largest absolute Gasteiger partial charge is 0.497 e. The first-order valence-electron chi connectivity index (χ1n) is 6.02. The van der Waals surface area contributed by atoms with Crippen LogP contribution < -0.4 is 10.1 Å². The summed E-state index contributed by atoms with van der Waals surface area (Å²) in [5.41, 5.74) is 2.15. The Morgan fingerprint density at radius 1 is 1.10 bits per heavy atom. The highest BCUT2D eigenvalue weighted by molar-refractivity contribution is 9.10. The number of nitrogens with one attached hydrogen (secondary N) is 1. The van der Waals surface area contributed by atoms with Crippen molar-refractivity contribution in [2.24, 2.45) is 0 Å². The van der Waals surface area contributed by atoms with E-state index in [-0.39, 0.29) is 6.04 Å². The van der Waals surface area contributed by atoms with Crippen molar-refractivity contribution in [1.29, 1.82) is 0 Å². The number of ether oxygens (including phenoxy) is 1. The summed E-state index contributed by atoms with van der Waals surface area (Å²) in [5, 5.41) is 4.39. The Hall–Kier alpha value is -0.740. The molecule has 0 heterocycles. The average molecular weight is 375 g/mol. The van der Waals surface area contributed by atoms with Gasteiger partial charge >= 0.3 is 0 Å². The summed E-state index contributed by atoms with van der Waals surface area (Å²) in [7, 11) is 3.56. The van der Waals surface area contributed by atoms with Gasteiger partial charge in [0.1, 0.15) is 5.75 Å². The summed E-state index contributed by atoms with van der Waals surface area (Å²) in [6, 6.07) is 11.6. The van der Waals surface area contributed by atoms with Gasteiger partial charge in [-0.1, -0.05) is 51.3 Å². The van der Waals surface area contributed by atoms with Crippen LogP contribution in [0.15, 0.2) is 40.9 Å². The van der Waals surface area contributed by atoms with E-state index in [0.29, 0.717) is 10.0 Å². The van der Waals surface area contributed by atoms with Crippen LogP contribution in [0.25, 0.3) is 0 Å². The van der Waals surface area contributed by atoms with Crippen molar-refractivity contribution < 1.29 is 4.74 Å². The van der Waals surface area contributed by atoms with Gasteiger partial charge < -0.3 is 10.1 Å². The summed E-state index contributed by atoms with van der Waals surface area (Å²) in [6.45, 7) is 0. The van der Waals surface area contributed by atoms with Crippen molar-refractivity contribution >= 4 is 39.1 Å². The van der Waals surface area contributed by atoms with Crippen molar-refractivity contribution in [3.05, 3.63) is 62.0 Å². The molecule has 0 bridgehead atoms. The molecule has 0 spiro atoms. The Kier molecular flexibility index (Phi) is 5.33. The van der Waals surface area contributed by atoms with Crippen molar-refractivity contribution in [1.82, 2.24) is 5.32 Å². The van der Waals surface area contributed by atoms with Gasteiger partial charge in [-0.15, -0.1) is 0 Å². The fourth-order valence-electron chi connectivity index (χ4n) is 2.06. The SMILES string of the molecule is CNC(c1ccc(Cl)c(Cl)c1)c1ccc(OC)cc1Br. The van der Waals surface area contributed by atoms with E-state index in [1.807, 2.05) is 37.4 Å². The third-order valence-electron chi connectivity index (χ3n) is 3.08. The normalized spacial score (nSPS) is 12.2. The lowest BCUT2D eigenvalue weighted by molar-refractivity contribution is 0.414. The van der Waals surface area contributed by atoms with E-state index >= 15 is 0 Å². The molecule has 0 aromatic heterocycles. The molecule has 2 aromatic carbocycles. The van der Waals surface area contributed by atoms with Gasteiger partial charge in [-0.3, -0.25) is 0 Å². The minimum atomic E-state index is 0.0186. The minimum Gasteiger partial charge on any atom is -0.497 e. The molecule has 20 heavy (non-hydrogen) atoms. The Balaban J connectivity index is 2.43. The average Bonchev–Trinajstić information content (AvgIpc) is 2.45. The lowest BCUT2D eigenvalue weighted by atomic mass is 9.99. The second-order valence-corrected chi connectivity index (χ2v) is 5.95. The standard InChI is InChI=1S/C15H14BrCl2NO/c1-19-15(9-3-6-13(17)14(18)7-9)11-5-4-10(20-2)8-12(11)16/h3-8,15,19H,1-2H3. The van der Waals surface area contributed by atoms with Crippen LogP contribution in [0, 0.1) is 0 Å². The first-order chi connectivity index (χ1) is 9.56. The molecule has 5 heteroatoms. The van der Waals surface area contributed by atoms with Crippen LogP contribution in [0.2, 0.25) is 10.0 Å². The number of benzene rings is 2. The zero-order chi connectivity index (χ0) is 14.7. The summed E-state index contributed by atoms with van der Waals surface area (Å²) in [6.07, 6.45) is 0. The summed E-state index contributed by atoms with van der Waals surface area (Å²) in [4.78, 5) is 0. The summed E-state index contributed by atoms with van der Waals surface area (Å²) in [5.74, 6) is 0.810. The maximum atomic E-state index is 6.10. The highest BCUT2D eigenvalue weighted by atomic mass is 79.9. The van der Waals surface area contributed by atoms with E-state index in [1.54, 1.807) is 13.2 Å². The number of hydrogen-bond acceptors (Lipinski definition) is 2. The van der Waals surface area contributed by atoms with Crippen molar-refractivity contribution in [2.45, 2.75) is 6.04 Å². The highest BCUT2D eigenvalue weighted by Gasteiger charge is 2.16. The second kappa shape index (κ2) is 6.81. The van der Waals surface area contributed by atoms with E-state index in [1.165, 1.54) is 0 Å². The first-order valence-corrected chi connectivity index (χ1v) is 7.57. The molecule has 2 rings (SSSR count). The molecule has 1 unspecified atom stereocenters. The van der Waals surface area contributed by atoms with Gasteiger partial charge in [0, 0.05) is 4.47 Å². The second-order valence-electron chi connectivity index (χ2n) is 4.28. The zero-order valence-electron chi connectivity index (χ0n) is 11.1. The topological polar surface area (TPSA) is 21.3 Å². The fourth-order valence-corrected chi connectivity index (χ4v) is 2.96. The molecule has 0 aliphatic heterocycles. The van der Waals surface area contributed by atoms with E-state index in [0.717, 1.165) is 21.3 Å². The number of halogens is 3. The summed E-state index contributed by atoms with van der Waals surface area (Å²) >= 11 is 15.6. The Bertz CT molecular complexity index is 619. The molecule has 0 fully saturated rings. The fraction of sp³-hybridized carbons (Fsp3) is 0.200. The van der Waals surface area contributed by atoms with E-state index in [2.05, 4.69) is 21.2 Å². The molecule has 0 aliphatic carbocycles. The third-order valence-corrected chi connectivity index (χ3v) is 4.51. The van der Waals surface area contributed by atoms with Crippen LogP contribution in [0.5, 0.6) is 5.75 Å². The monoisotopic (exact) mass is 373 g/mol. The number of rotatable bonds is 4. The van der Waals surface area contributed by atoms with Crippen LogP contribution in [0.3, 0.4) is 0 Å². The smallest absolute Gasteiger partial charge is 0.120 e. The van der Waals surface area contributed by atoms with Crippen LogP contribution in [-0.2, 0) is 0 Å². The molecule has 0 aliphatic rings. The maximum absolute atomic E-state index is 6.10. The maximum Gasteiger partial charge on any atom is 0.120 e. The predicted molar refractivity (Wildman–Crippen MR) is 88.1 cm³/mol. The van der Waals surface area contributed by atoms with Gasteiger partial charge in [0.15, 0.2) is 0 Å². The minimum absolute atomic E-state index is 0.0186. The quantitative estimate of drug-likeness (QED) is 0.806. The van der Waals surface area contributed by atoms with Crippen molar-refractivity contribution in [3.63, 3.8) is 0 Å². The van der Waals surface area contributed by atoms with Crippen LogP contribution in [0.4, 0.5) is 0 Å². The van der Waals surface area contributed by atoms with Gasteiger partial charge in [0.2, 0.25) is 0 Å². The Labute approximate surface area is 137 Å². The van der Waals surface area contributed by atoms with E-state index in [9.17, 15) is 0 Å². The van der Waals surface area contributed by atoms with E-state index < -0.39 is 0 Å². The van der Waals surface area contributed by atoms with Gasteiger partial charge in [0.05, 0.1) is 23.2 Å². The van der Waals surface area contributed by atoms with Gasteiger partial charge in [-0.25, -0.2) is 0 Å². The molecule has 2 aromatic rings. The van der Waals surface area contributed by atoms with Crippen LogP contribution >= 0.6 is 39.1 Å². The molecule has 2 nitrogen and oxygen atoms in total. The summed E-state index contributed by atoms with van der Waals surface area (Å²) < 4.78 is 6.19.